The van der Waals surface area contributed by atoms with Crippen molar-refractivity contribution >= 4 is 0 Å². The van der Waals surface area contributed by atoms with Crippen LogP contribution in [-0.2, 0) is 0 Å². The molecule has 0 saturated heterocycles. The quantitative estimate of drug-likeness (QED) is 0.874. The molecule has 1 aromatic heterocycles. The Morgan fingerprint density at radius 2 is 2.18 bits per heavy atom. The average molecular weight is 234 g/mol. The van der Waals surface area contributed by atoms with E-state index in [0.29, 0.717) is 12.0 Å². The summed E-state index contributed by atoms with van der Waals surface area (Å²) in [5.41, 5.74) is 6.94. The van der Waals surface area contributed by atoms with Crippen molar-refractivity contribution in [1.82, 2.24) is 4.98 Å². The summed E-state index contributed by atoms with van der Waals surface area (Å²) in [6.45, 7) is 4.23. The smallest absolute Gasteiger partial charge is 0.218 e. The van der Waals surface area contributed by atoms with Crippen LogP contribution in [0.4, 0.5) is 0 Å². The molecule has 1 aliphatic carbocycles. The summed E-state index contributed by atoms with van der Waals surface area (Å²) in [4.78, 5) is 4.33. The maximum Gasteiger partial charge on any atom is 0.218 e. The zero-order chi connectivity index (χ0) is 12.3. The van der Waals surface area contributed by atoms with Crippen molar-refractivity contribution < 1.29 is 4.74 Å². The van der Waals surface area contributed by atoms with Crippen LogP contribution in [0.3, 0.4) is 0 Å². The Bertz CT molecular complexity index is 365. The molecule has 1 aromatic rings. The number of pyridine rings is 1. The topological polar surface area (TPSA) is 48.1 Å². The zero-order valence-corrected chi connectivity index (χ0v) is 10.7. The molecule has 0 bridgehead atoms. The Hall–Kier alpha value is -1.09. The van der Waals surface area contributed by atoms with Gasteiger partial charge in [-0.2, -0.15) is 0 Å². The highest BCUT2D eigenvalue weighted by atomic mass is 16.5. The van der Waals surface area contributed by atoms with Crippen LogP contribution in [0.15, 0.2) is 18.3 Å². The van der Waals surface area contributed by atoms with E-state index in [2.05, 4.69) is 11.9 Å². The standard InChI is InChI=1S/C14H22N2O/c1-10-6-3-4-8-13(10)17-14-12(11(2)15)7-5-9-16-14/h5,7,9-11,13H,3-4,6,8,15H2,1-2H3/t10?,11-,13?/m1/s1. The molecule has 0 spiro atoms. The van der Waals surface area contributed by atoms with Gasteiger partial charge in [0.05, 0.1) is 0 Å². The predicted octanol–water partition coefficient (Wildman–Crippen LogP) is 3.06. The fourth-order valence-electron chi connectivity index (χ4n) is 2.45. The van der Waals surface area contributed by atoms with Crippen molar-refractivity contribution in [2.75, 3.05) is 0 Å². The van der Waals surface area contributed by atoms with Gasteiger partial charge in [0.1, 0.15) is 6.10 Å². The van der Waals surface area contributed by atoms with Crippen LogP contribution in [0.1, 0.15) is 51.1 Å². The third-order valence-electron chi connectivity index (χ3n) is 3.59. The van der Waals surface area contributed by atoms with E-state index in [1.807, 2.05) is 19.1 Å². The summed E-state index contributed by atoms with van der Waals surface area (Å²) < 4.78 is 6.07. The first-order valence-electron chi connectivity index (χ1n) is 6.55. The van der Waals surface area contributed by atoms with E-state index in [1.54, 1.807) is 6.20 Å². The normalized spacial score (nSPS) is 26.5. The van der Waals surface area contributed by atoms with Gasteiger partial charge in [-0.1, -0.05) is 19.4 Å². The molecule has 0 aliphatic heterocycles. The molecule has 1 heterocycles. The minimum absolute atomic E-state index is 0.0300. The van der Waals surface area contributed by atoms with Crippen LogP contribution in [0, 0.1) is 5.92 Å². The number of hydrogen-bond acceptors (Lipinski definition) is 3. The zero-order valence-electron chi connectivity index (χ0n) is 10.7. The lowest BCUT2D eigenvalue weighted by Gasteiger charge is -2.29. The first kappa shape index (κ1) is 12.4. The molecule has 2 N–H and O–H groups in total. The SMILES string of the molecule is CC1CCCCC1Oc1ncccc1[C@@H](C)N. The van der Waals surface area contributed by atoms with E-state index in [9.17, 15) is 0 Å². The number of nitrogens with zero attached hydrogens (tertiary/aromatic N) is 1. The lowest BCUT2D eigenvalue weighted by molar-refractivity contribution is 0.0961. The lowest BCUT2D eigenvalue weighted by atomic mass is 9.88. The van der Waals surface area contributed by atoms with E-state index >= 15 is 0 Å². The molecule has 94 valence electrons. The molecule has 0 aromatic carbocycles. The molecular weight excluding hydrogens is 212 g/mol. The molecule has 1 saturated carbocycles. The maximum atomic E-state index is 6.07. The van der Waals surface area contributed by atoms with E-state index in [1.165, 1.54) is 19.3 Å². The average Bonchev–Trinajstić information content (AvgIpc) is 2.32. The molecule has 1 aliphatic rings. The summed E-state index contributed by atoms with van der Waals surface area (Å²) in [6, 6.07) is 3.88. The molecule has 3 atom stereocenters. The molecule has 2 rings (SSSR count). The van der Waals surface area contributed by atoms with Gasteiger partial charge in [-0.25, -0.2) is 4.98 Å². The highest BCUT2D eigenvalue weighted by Gasteiger charge is 2.24. The Morgan fingerprint density at radius 1 is 1.41 bits per heavy atom. The van der Waals surface area contributed by atoms with Gasteiger partial charge in [0.25, 0.3) is 0 Å². The van der Waals surface area contributed by atoms with Crippen molar-refractivity contribution in [2.24, 2.45) is 11.7 Å². The fourth-order valence-corrected chi connectivity index (χ4v) is 2.45. The van der Waals surface area contributed by atoms with Gasteiger partial charge in [0.2, 0.25) is 5.88 Å². The number of rotatable bonds is 3. The summed E-state index contributed by atoms with van der Waals surface area (Å²) in [5.74, 6) is 1.34. The second kappa shape index (κ2) is 5.50. The van der Waals surface area contributed by atoms with Crippen LogP contribution in [0.5, 0.6) is 5.88 Å². The summed E-state index contributed by atoms with van der Waals surface area (Å²) in [6.07, 6.45) is 7.05. The number of ether oxygens (including phenoxy) is 1. The lowest BCUT2D eigenvalue weighted by Crippen LogP contribution is -2.29. The predicted molar refractivity (Wildman–Crippen MR) is 68.9 cm³/mol. The second-order valence-electron chi connectivity index (χ2n) is 5.10. The van der Waals surface area contributed by atoms with Gasteiger partial charge in [-0.15, -0.1) is 0 Å². The molecule has 2 unspecified atom stereocenters. The van der Waals surface area contributed by atoms with Crippen LogP contribution >= 0.6 is 0 Å². The molecule has 1 fully saturated rings. The first-order chi connectivity index (χ1) is 8.18. The minimum Gasteiger partial charge on any atom is -0.474 e. The van der Waals surface area contributed by atoms with E-state index in [-0.39, 0.29) is 6.04 Å². The van der Waals surface area contributed by atoms with Crippen molar-refractivity contribution in [1.29, 1.82) is 0 Å². The Balaban J connectivity index is 2.12. The second-order valence-corrected chi connectivity index (χ2v) is 5.10. The molecular formula is C14H22N2O. The summed E-state index contributed by atoms with van der Waals surface area (Å²) in [7, 11) is 0. The third kappa shape index (κ3) is 2.97. The van der Waals surface area contributed by atoms with Gasteiger partial charge in [-0.3, -0.25) is 0 Å². The molecule has 17 heavy (non-hydrogen) atoms. The largest absolute Gasteiger partial charge is 0.474 e. The Labute approximate surface area is 103 Å². The van der Waals surface area contributed by atoms with E-state index < -0.39 is 0 Å². The van der Waals surface area contributed by atoms with Crippen LogP contribution in [0.2, 0.25) is 0 Å². The van der Waals surface area contributed by atoms with Crippen LogP contribution < -0.4 is 10.5 Å². The fraction of sp³-hybridized carbons (Fsp3) is 0.643. The van der Waals surface area contributed by atoms with Crippen molar-refractivity contribution in [3.8, 4) is 5.88 Å². The molecule has 0 amide bonds. The summed E-state index contributed by atoms with van der Waals surface area (Å²) >= 11 is 0. The number of hydrogen-bond donors (Lipinski definition) is 1. The van der Waals surface area contributed by atoms with Crippen molar-refractivity contribution in [2.45, 2.75) is 51.7 Å². The highest BCUT2D eigenvalue weighted by Crippen LogP contribution is 2.29. The third-order valence-corrected chi connectivity index (χ3v) is 3.59. The molecule has 0 radical (unpaired) electrons. The monoisotopic (exact) mass is 234 g/mol. The highest BCUT2D eigenvalue weighted by molar-refractivity contribution is 5.28. The Morgan fingerprint density at radius 3 is 2.88 bits per heavy atom. The van der Waals surface area contributed by atoms with E-state index in [4.69, 9.17) is 10.5 Å². The number of nitrogens with two attached hydrogens (primary N) is 1. The minimum atomic E-state index is -0.0300. The van der Waals surface area contributed by atoms with Gasteiger partial charge in [0, 0.05) is 17.8 Å². The molecule has 3 heteroatoms. The van der Waals surface area contributed by atoms with Gasteiger partial charge in [0.15, 0.2) is 0 Å². The van der Waals surface area contributed by atoms with Crippen LogP contribution in [0.25, 0.3) is 0 Å². The maximum absolute atomic E-state index is 6.07. The van der Waals surface area contributed by atoms with Crippen molar-refractivity contribution in [3.63, 3.8) is 0 Å². The number of aromatic nitrogens is 1. The Kier molecular flexibility index (Phi) is 4.00. The first-order valence-corrected chi connectivity index (χ1v) is 6.55. The van der Waals surface area contributed by atoms with E-state index in [0.717, 1.165) is 17.9 Å². The summed E-state index contributed by atoms with van der Waals surface area (Å²) in [5, 5.41) is 0. The van der Waals surface area contributed by atoms with Gasteiger partial charge < -0.3 is 10.5 Å². The van der Waals surface area contributed by atoms with Crippen LogP contribution in [-0.4, -0.2) is 11.1 Å². The van der Waals surface area contributed by atoms with Gasteiger partial charge in [-0.05, 0) is 38.2 Å². The van der Waals surface area contributed by atoms with Crippen molar-refractivity contribution in [3.05, 3.63) is 23.9 Å². The van der Waals surface area contributed by atoms with Gasteiger partial charge >= 0.3 is 0 Å². The molecule has 3 nitrogen and oxygen atoms in total.